The molecule has 2 N–H and O–H groups in total. The highest BCUT2D eigenvalue weighted by Crippen LogP contribution is 2.15. The predicted molar refractivity (Wildman–Crippen MR) is 101 cm³/mol. The van der Waals surface area contributed by atoms with Crippen molar-refractivity contribution in [3.63, 3.8) is 0 Å². The minimum atomic E-state index is -0.859. The molecule has 2 heterocycles. The Morgan fingerprint density at radius 2 is 2.04 bits per heavy atom. The van der Waals surface area contributed by atoms with Crippen LogP contribution in [0.25, 0.3) is 5.65 Å². The summed E-state index contributed by atoms with van der Waals surface area (Å²) < 4.78 is 28.5. The number of rotatable bonds is 6. The Kier molecular flexibility index (Phi) is 5.95. The summed E-state index contributed by atoms with van der Waals surface area (Å²) in [5.41, 5.74) is 1.44. The third-order valence-electron chi connectivity index (χ3n) is 4.13. The van der Waals surface area contributed by atoms with Crippen LogP contribution in [0.1, 0.15) is 31.3 Å². The number of aliphatic imine (C=N–C) groups is 1. The molecule has 1 aromatic carbocycles. The van der Waals surface area contributed by atoms with Crippen molar-refractivity contribution < 1.29 is 8.78 Å². The van der Waals surface area contributed by atoms with Gasteiger partial charge in [0.15, 0.2) is 23.2 Å². The molecule has 0 spiro atoms. The fourth-order valence-electron chi connectivity index (χ4n) is 2.72. The topological polar surface area (TPSA) is 66.6 Å². The van der Waals surface area contributed by atoms with E-state index in [0.717, 1.165) is 17.5 Å². The third kappa shape index (κ3) is 4.58. The lowest BCUT2D eigenvalue weighted by Gasteiger charge is -2.18. The van der Waals surface area contributed by atoms with Gasteiger partial charge < -0.3 is 10.6 Å². The van der Waals surface area contributed by atoms with Crippen LogP contribution in [-0.2, 0) is 6.42 Å². The minimum absolute atomic E-state index is 0.230. The van der Waals surface area contributed by atoms with Gasteiger partial charge in [0.2, 0.25) is 0 Å². The first-order valence-corrected chi connectivity index (χ1v) is 8.87. The second kappa shape index (κ2) is 8.57. The molecule has 0 aliphatic rings. The highest BCUT2D eigenvalue weighted by molar-refractivity contribution is 5.80. The molecule has 0 saturated carbocycles. The van der Waals surface area contributed by atoms with Crippen LogP contribution in [0.5, 0.6) is 0 Å². The summed E-state index contributed by atoms with van der Waals surface area (Å²) >= 11 is 0. The molecule has 6 nitrogen and oxygen atoms in total. The zero-order chi connectivity index (χ0) is 19.2. The van der Waals surface area contributed by atoms with Gasteiger partial charge in [0.25, 0.3) is 0 Å². The lowest BCUT2D eigenvalue weighted by Crippen LogP contribution is -2.39. The van der Waals surface area contributed by atoms with Crippen LogP contribution < -0.4 is 10.6 Å². The summed E-state index contributed by atoms with van der Waals surface area (Å²) in [6.07, 6.45) is 2.55. The van der Waals surface area contributed by atoms with Gasteiger partial charge in [-0.15, -0.1) is 10.2 Å². The standard InChI is InChI=1S/C19H22F2N6/c1-3-22-19(24-13(2)14-7-8-15(20)16(21)12-14)23-10-9-18-26-25-17-6-4-5-11-27(17)18/h4-8,11-13H,3,9-10H2,1-2H3,(H2,22,23,24). The van der Waals surface area contributed by atoms with Crippen molar-refractivity contribution in [2.45, 2.75) is 26.3 Å². The monoisotopic (exact) mass is 372 g/mol. The van der Waals surface area contributed by atoms with E-state index in [4.69, 9.17) is 0 Å². The molecular formula is C19H22F2N6. The second-order valence-corrected chi connectivity index (χ2v) is 6.10. The van der Waals surface area contributed by atoms with Crippen molar-refractivity contribution in [2.24, 2.45) is 4.99 Å². The van der Waals surface area contributed by atoms with Gasteiger partial charge in [-0.05, 0) is 43.7 Å². The molecular weight excluding hydrogens is 350 g/mol. The van der Waals surface area contributed by atoms with Crippen molar-refractivity contribution in [1.29, 1.82) is 0 Å². The van der Waals surface area contributed by atoms with E-state index >= 15 is 0 Å². The van der Waals surface area contributed by atoms with Gasteiger partial charge in [0, 0.05) is 25.7 Å². The van der Waals surface area contributed by atoms with Crippen LogP contribution in [0.2, 0.25) is 0 Å². The van der Waals surface area contributed by atoms with Gasteiger partial charge >= 0.3 is 0 Å². The molecule has 0 amide bonds. The summed E-state index contributed by atoms with van der Waals surface area (Å²) in [5, 5.41) is 14.7. The number of benzene rings is 1. The Labute approximate surface area is 156 Å². The first-order chi connectivity index (χ1) is 13.1. The van der Waals surface area contributed by atoms with Gasteiger partial charge in [-0.1, -0.05) is 12.1 Å². The highest BCUT2D eigenvalue weighted by Gasteiger charge is 2.11. The van der Waals surface area contributed by atoms with Crippen LogP contribution in [0, 0.1) is 11.6 Å². The third-order valence-corrected chi connectivity index (χ3v) is 4.13. The first kappa shape index (κ1) is 18.8. The quantitative estimate of drug-likeness (QED) is 0.516. The largest absolute Gasteiger partial charge is 0.357 e. The number of hydrogen-bond donors (Lipinski definition) is 2. The molecule has 3 aromatic rings. The maximum absolute atomic E-state index is 13.4. The van der Waals surface area contributed by atoms with Gasteiger partial charge in [-0.3, -0.25) is 9.39 Å². The van der Waals surface area contributed by atoms with E-state index in [2.05, 4.69) is 25.8 Å². The van der Waals surface area contributed by atoms with Crippen molar-refractivity contribution >= 4 is 11.6 Å². The molecule has 142 valence electrons. The number of hydrogen-bond acceptors (Lipinski definition) is 3. The summed E-state index contributed by atoms with van der Waals surface area (Å²) in [7, 11) is 0. The van der Waals surface area contributed by atoms with Crippen LogP contribution in [-0.4, -0.2) is 33.6 Å². The lowest BCUT2D eigenvalue weighted by atomic mass is 10.1. The van der Waals surface area contributed by atoms with E-state index in [-0.39, 0.29) is 6.04 Å². The zero-order valence-corrected chi connectivity index (χ0v) is 15.3. The maximum Gasteiger partial charge on any atom is 0.191 e. The number of halogens is 2. The van der Waals surface area contributed by atoms with Gasteiger partial charge in [-0.25, -0.2) is 8.78 Å². The van der Waals surface area contributed by atoms with Crippen molar-refractivity contribution in [3.8, 4) is 0 Å². The second-order valence-electron chi connectivity index (χ2n) is 6.10. The van der Waals surface area contributed by atoms with E-state index in [1.165, 1.54) is 6.07 Å². The molecule has 27 heavy (non-hydrogen) atoms. The average molecular weight is 372 g/mol. The molecule has 0 aliphatic carbocycles. The fourth-order valence-corrected chi connectivity index (χ4v) is 2.72. The Hall–Kier alpha value is -3.03. The van der Waals surface area contributed by atoms with Gasteiger partial charge in [-0.2, -0.15) is 0 Å². The van der Waals surface area contributed by atoms with Gasteiger partial charge in [0.05, 0.1) is 6.04 Å². The summed E-state index contributed by atoms with van der Waals surface area (Å²) in [6, 6.07) is 9.39. The van der Waals surface area contributed by atoms with Crippen LogP contribution in [0.15, 0.2) is 47.6 Å². The van der Waals surface area contributed by atoms with E-state index in [0.29, 0.717) is 31.0 Å². The molecule has 0 fully saturated rings. The van der Waals surface area contributed by atoms with Crippen molar-refractivity contribution in [2.75, 3.05) is 13.1 Å². The van der Waals surface area contributed by atoms with Crippen LogP contribution >= 0.6 is 0 Å². The SMILES string of the molecule is CCNC(=NCCc1nnc2ccccn12)NC(C)c1ccc(F)c(F)c1. The fraction of sp³-hybridized carbons (Fsp3) is 0.316. The normalized spacial score (nSPS) is 13.0. The number of aromatic nitrogens is 3. The van der Waals surface area contributed by atoms with E-state index < -0.39 is 11.6 Å². The molecule has 8 heteroatoms. The lowest BCUT2D eigenvalue weighted by molar-refractivity contribution is 0.504. The Bertz CT molecular complexity index is 937. The number of nitrogens with zero attached hydrogens (tertiary/aromatic N) is 4. The number of pyridine rings is 1. The van der Waals surface area contributed by atoms with Crippen LogP contribution in [0.4, 0.5) is 8.78 Å². The van der Waals surface area contributed by atoms with E-state index in [1.54, 1.807) is 6.07 Å². The number of nitrogens with one attached hydrogen (secondary N) is 2. The number of fused-ring (bicyclic) bond motifs is 1. The average Bonchev–Trinajstić information content (AvgIpc) is 3.07. The van der Waals surface area contributed by atoms with E-state index in [9.17, 15) is 8.78 Å². The Morgan fingerprint density at radius 1 is 1.19 bits per heavy atom. The molecule has 1 atom stereocenters. The zero-order valence-electron chi connectivity index (χ0n) is 15.3. The molecule has 0 saturated heterocycles. The molecule has 1 unspecified atom stereocenters. The first-order valence-electron chi connectivity index (χ1n) is 8.87. The highest BCUT2D eigenvalue weighted by atomic mass is 19.2. The Morgan fingerprint density at radius 3 is 2.81 bits per heavy atom. The minimum Gasteiger partial charge on any atom is -0.357 e. The summed E-state index contributed by atoms with van der Waals surface area (Å²) in [4.78, 5) is 4.55. The maximum atomic E-state index is 13.4. The molecule has 3 rings (SSSR count). The van der Waals surface area contributed by atoms with Crippen molar-refractivity contribution in [1.82, 2.24) is 25.2 Å². The summed E-state index contributed by atoms with van der Waals surface area (Å²) in [5.74, 6) is -0.281. The molecule has 0 radical (unpaired) electrons. The Balaban J connectivity index is 1.66. The van der Waals surface area contributed by atoms with E-state index in [1.807, 2.05) is 42.6 Å². The molecule has 2 aromatic heterocycles. The number of guanidine groups is 1. The van der Waals surface area contributed by atoms with Crippen molar-refractivity contribution in [3.05, 3.63) is 65.6 Å². The molecule has 0 bridgehead atoms. The molecule has 0 aliphatic heterocycles. The van der Waals surface area contributed by atoms with Gasteiger partial charge in [0.1, 0.15) is 5.82 Å². The smallest absolute Gasteiger partial charge is 0.191 e. The summed E-state index contributed by atoms with van der Waals surface area (Å²) in [6.45, 7) is 5.02. The predicted octanol–water partition coefficient (Wildman–Crippen LogP) is 2.87. The van der Waals surface area contributed by atoms with Crippen LogP contribution in [0.3, 0.4) is 0 Å².